The molecule has 0 saturated carbocycles. The Morgan fingerprint density at radius 2 is 1.75 bits per heavy atom. The number of benzene rings is 2. The Bertz CT molecular complexity index is 620. The Labute approximate surface area is 148 Å². The number of aliphatic hydroxyl groups excluding tert-OH is 1. The number of nitro groups is 1. The molecule has 0 radical (unpaired) electrons. The average Bonchev–Trinajstić information content (AvgIpc) is 2.59. The van der Waals surface area contributed by atoms with Gasteiger partial charge in [0.15, 0.2) is 0 Å². The molecule has 6 heteroatoms. The summed E-state index contributed by atoms with van der Waals surface area (Å²) in [4.78, 5) is 10.2. The van der Waals surface area contributed by atoms with Crippen molar-refractivity contribution < 1.29 is 10.0 Å². The van der Waals surface area contributed by atoms with Crippen molar-refractivity contribution in [1.29, 1.82) is 0 Å². The Kier molecular flexibility index (Phi) is 8.40. The van der Waals surface area contributed by atoms with E-state index in [0.29, 0.717) is 6.54 Å². The van der Waals surface area contributed by atoms with Crippen molar-refractivity contribution in [1.82, 2.24) is 5.32 Å². The third-order valence-electron chi connectivity index (χ3n) is 3.86. The fraction of sp³-hybridized carbons (Fsp3) is 0.333. The Morgan fingerprint density at radius 3 is 2.33 bits per heavy atom. The van der Waals surface area contributed by atoms with E-state index in [2.05, 4.69) is 12.2 Å². The lowest BCUT2D eigenvalue weighted by Gasteiger charge is -2.17. The highest BCUT2D eigenvalue weighted by molar-refractivity contribution is 5.85. The first-order valence-corrected chi connectivity index (χ1v) is 7.76. The molecule has 0 aromatic heterocycles. The number of nitro benzene ring substituents is 1. The molecule has 2 aromatic rings. The van der Waals surface area contributed by atoms with Gasteiger partial charge in [-0.1, -0.05) is 42.5 Å². The van der Waals surface area contributed by atoms with Crippen LogP contribution in [-0.2, 0) is 6.42 Å². The van der Waals surface area contributed by atoms with Gasteiger partial charge in [0.2, 0.25) is 0 Å². The molecule has 2 rings (SSSR count). The van der Waals surface area contributed by atoms with Crippen molar-refractivity contribution in [2.75, 3.05) is 6.54 Å². The minimum Gasteiger partial charge on any atom is -0.387 e. The molecule has 0 saturated heterocycles. The van der Waals surface area contributed by atoms with Crippen LogP contribution in [0.4, 0.5) is 5.69 Å². The van der Waals surface area contributed by atoms with Crippen LogP contribution >= 0.6 is 12.4 Å². The zero-order valence-electron chi connectivity index (χ0n) is 13.6. The Balaban J connectivity index is 0.00000288. The molecule has 0 aliphatic rings. The highest BCUT2D eigenvalue weighted by Gasteiger charge is 2.09. The monoisotopic (exact) mass is 350 g/mol. The summed E-state index contributed by atoms with van der Waals surface area (Å²) in [6.07, 6.45) is 1.23. The molecule has 2 N–H and O–H groups in total. The summed E-state index contributed by atoms with van der Waals surface area (Å²) in [5.74, 6) is 0. The van der Waals surface area contributed by atoms with Gasteiger partial charge in [-0.05, 0) is 30.9 Å². The number of nitrogens with zero attached hydrogens (tertiary/aromatic N) is 1. The van der Waals surface area contributed by atoms with E-state index in [-0.39, 0.29) is 29.1 Å². The molecule has 0 fully saturated rings. The quantitative estimate of drug-likeness (QED) is 0.562. The van der Waals surface area contributed by atoms with E-state index in [9.17, 15) is 15.2 Å². The highest BCUT2D eigenvalue weighted by atomic mass is 35.5. The molecule has 0 bridgehead atoms. The normalized spacial score (nSPS) is 12.9. The summed E-state index contributed by atoms with van der Waals surface area (Å²) >= 11 is 0. The number of hydrogen-bond donors (Lipinski definition) is 2. The second kappa shape index (κ2) is 10.0. The second-order valence-corrected chi connectivity index (χ2v) is 5.70. The summed E-state index contributed by atoms with van der Waals surface area (Å²) in [7, 11) is 0. The number of halogens is 1. The maximum atomic E-state index is 10.6. The van der Waals surface area contributed by atoms with Gasteiger partial charge in [-0.3, -0.25) is 10.1 Å². The van der Waals surface area contributed by atoms with Gasteiger partial charge in [0.1, 0.15) is 0 Å². The Hall–Kier alpha value is -1.95. The molecular weight excluding hydrogens is 328 g/mol. The molecule has 5 nitrogen and oxygen atoms in total. The molecule has 2 aromatic carbocycles. The smallest absolute Gasteiger partial charge is 0.269 e. The third-order valence-corrected chi connectivity index (χ3v) is 3.86. The SMILES string of the molecule is C[C@@H](CCc1ccc([N+](=O)[O-])cc1)NC[C@H](O)c1ccccc1.Cl. The standard InChI is InChI=1S/C18H22N2O3.ClH/c1-14(19-13-18(21)16-5-3-2-4-6-16)7-8-15-9-11-17(12-10-15)20(22)23;/h2-6,9-12,14,18-19,21H,7-8,13H2,1H3;1H/t14-,18-;/m0./s1. The number of aryl methyl sites for hydroxylation is 1. The van der Waals surface area contributed by atoms with Gasteiger partial charge in [-0.2, -0.15) is 0 Å². The van der Waals surface area contributed by atoms with E-state index in [1.807, 2.05) is 30.3 Å². The predicted molar refractivity (Wildman–Crippen MR) is 97.5 cm³/mol. The molecule has 2 atom stereocenters. The third kappa shape index (κ3) is 6.28. The van der Waals surface area contributed by atoms with E-state index in [0.717, 1.165) is 24.0 Å². The minimum absolute atomic E-state index is 0. The number of nitrogens with one attached hydrogen (secondary N) is 1. The maximum absolute atomic E-state index is 10.6. The van der Waals surface area contributed by atoms with Gasteiger partial charge < -0.3 is 10.4 Å². The summed E-state index contributed by atoms with van der Waals surface area (Å²) in [6, 6.07) is 16.5. The Morgan fingerprint density at radius 1 is 1.12 bits per heavy atom. The van der Waals surface area contributed by atoms with Crippen LogP contribution in [0.3, 0.4) is 0 Å². The second-order valence-electron chi connectivity index (χ2n) is 5.70. The molecule has 130 valence electrons. The lowest BCUT2D eigenvalue weighted by Crippen LogP contribution is -2.30. The lowest BCUT2D eigenvalue weighted by molar-refractivity contribution is -0.384. The molecule has 24 heavy (non-hydrogen) atoms. The molecular formula is C18H23ClN2O3. The van der Waals surface area contributed by atoms with Gasteiger partial charge in [0, 0.05) is 24.7 Å². The van der Waals surface area contributed by atoms with Crippen molar-refractivity contribution >= 4 is 18.1 Å². The van der Waals surface area contributed by atoms with Crippen LogP contribution in [0.1, 0.15) is 30.6 Å². The van der Waals surface area contributed by atoms with Gasteiger partial charge in [0.25, 0.3) is 5.69 Å². The van der Waals surface area contributed by atoms with Gasteiger partial charge >= 0.3 is 0 Å². The molecule has 0 heterocycles. The van der Waals surface area contributed by atoms with Gasteiger partial charge in [-0.25, -0.2) is 0 Å². The fourth-order valence-electron chi connectivity index (χ4n) is 2.38. The van der Waals surface area contributed by atoms with Gasteiger partial charge in [0.05, 0.1) is 11.0 Å². The minimum atomic E-state index is -0.516. The molecule has 0 aliphatic heterocycles. The lowest BCUT2D eigenvalue weighted by atomic mass is 10.0. The van der Waals surface area contributed by atoms with Crippen LogP contribution in [0.5, 0.6) is 0 Å². The first-order chi connectivity index (χ1) is 11.1. The number of aliphatic hydroxyl groups is 1. The van der Waals surface area contributed by atoms with Gasteiger partial charge in [-0.15, -0.1) is 12.4 Å². The van der Waals surface area contributed by atoms with E-state index < -0.39 is 6.10 Å². The molecule has 0 spiro atoms. The van der Waals surface area contributed by atoms with E-state index >= 15 is 0 Å². The van der Waals surface area contributed by atoms with Crippen molar-refractivity contribution in [3.63, 3.8) is 0 Å². The highest BCUT2D eigenvalue weighted by Crippen LogP contribution is 2.14. The molecule has 0 aliphatic carbocycles. The van der Waals surface area contributed by atoms with Crippen molar-refractivity contribution in [2.45, 2.75) is 31.9 Å². The first kappa shape index (κ1) is 20.1. The van der Waals surface area contributed by atoms with E-state index in [1.165, 1.54) is 12.1 Å². The number of rotatable bonds is 8. The van der Waals surface area contributed by atoms with Crippen molar-refractivity contribution in [3.05, 3.63) is 75.8 Å². The summed E-state index contributed by atoms with van der Waals surface area (Å²) < 4.78 is 0. The zero-order valence-corrected chi connectivity index (χ0v) is 14.4. The van der Waals surface area contributed by atoms with Crippen LogP contribution in [0, 0.1) is 10.1 Å². The molecule has 0 unspecified atom stereocenters. The van der Waals surface area contributed by atoms with Crippen LogP contribution in [-0.4, -0.2) is 22.6 Å². The first-order valence-electron chi connectivity index (χ1n) is 7.76. The summed E-state index contributed by atoms with van der Waals surface area (Å²) in [5, 5.41) is 24.0. The largest absolute Gasteiger partial charge is 0.387 e. The molecule has 0 amide bonds. The summed E-state index contributed by atoms with van der Waals surface area (Å²) in [6.45, 7) is 2.58. The number of non-ortho nitro benzene ring substituents is 1. The fourth-order valence-corrected chi connectivity index (χ4v) is 2.38. The zero-order chi connectivity index (χ0) is 16.7. The average molecular weight is 351 g/mol. The topological polar surface area (TPSA) is 75.4 Å². The van der Waals surface area contributed by atoms with Crippen LogP contribution < -0.4 is 5.32 Å². The van der Waals surface area contributed by atoms with E-state index in [1.54, 1.807) is 12.1 Å². The van der Waals surface area contributed by atoms with Crippen LogP contribution in [0.25, 0.3) is 0 Å². The maximum Gasteiger partial charge on any atom is 0.269 e. The number of hydrogen-bond acceptors (Lipinski definition) is 4. The van der Waals surface area contributed by atoms with Crippen molar-refractivity contribution in [3.8, 4) is 0 Å². The predicted octanol–water partition coefficient (Wildman–Crippen LogP) is 3.66. The van der Waals surface area contributed by atoms with Crippen LogP contribution in [0.15, 0.2) is 54.6 Å². The summed E-state index contributed by atoms with van der Waals surface area (Å²) in [5.41, 5.74) is 2.10. The van der Waals surface area contributed by atoms with E-state index in [4.69, 9.17) is 0 Å². The van der Waals surface area contributed by atoms with Crippen LogP contribution in [0.2, 0.25) is 0 Å². The van der Waals surface area contributed by atoms with Crippen molar-refractivity contribution in [2.24, 2.45) is 0 Å².